The summed E-state index contributed by atoms with van der Waals surface area (Å²) in [5.74, 6) is -0.0638. The number of carbonyl (C=O) groups excluding carboxylic acids is 1. The van der Waals surface area contributed by atoms with Crippen molar-refractivity contribution in [1.29, 1.82) is 0 Å². The quantitative estimate of drug-likeness (QED) is 0.757. The van der Waals surface area contributed by atoms with Crippen molar-refractivity contribution in [3.8, 4) is 0 Å². The van der Waals surface area contributed by atoms with Crippen LogP contribution in [0.4, 0.5) is 13.2 Å². The van der Waals surface area contributed by atoms with Crippen LogP contribution in [0, 0.1) is 0 Å². The monoisotopic (exact) mass is 359 g/mol. The van der Waals surface area contributed by atoms with E-state index in [0.29, 0.717) is 22.7 Å². The standard InChI is InChI=1S/C16H20F3N3OS/c1-5-8-22-13-9-11(16(17,18)19)6-7-12(13)20-15(22)24-10(2)14(23)21(3)4/h6-7,9-10H,5,8H2,1-4H3. The summed E-state index contributed by atoms with van der Waals surface area (Å²) in [5, 5.41) is 0.198. The van der Waals surface area contributed by atoms with E-state index in [2.05, 4.69) is 4.98 Å². The number of alkyl halides is 3. The van der Waals surface area contributed by atoms with Crippen molar-refractivity contribution in [3.05, 3.63) is 23.8 Å². The Morgan fingerprint density at radius 1 is 1.38 bits per heavy atom. The molecule has 132 valence electrons. The maximum absolute atomic E-state index is 13.0. The van der Waals surface area contributed by atoms with E-state index in [1.807, 2.05) is 6.92 Å². The minimum absolute atomic E-state index is 0.0638. The van der Waals surface area contributed by atoms with Gasteiger partial charge in [-0.1, -0.05) is 18.7 Å². The van der Waals surface area contributed by atoms with Crippen molar-refractivity contribution in [2.75, 3.05) is 14.1 Å². The number of halogens is 3. The lowest BCUT2D eigenvalue weighted by Gasteiger charge is -2.16. The molecule has 0 aliphatic heterocycles. The van der Waals surface area contributed by atoms with Crippen LogP contribution in [0.25, 0.3) is 11.0 Å². The Labute approximate surface area is 143 Å². The summed E-state index contributed by atoms with van der Waals surface area (Å²) in [4.78, 5) is 18.0. The Bertz CT molecular complexity index is 740. The van der Waals surface area contributed by atoms with Gasteiger partial charge < -0.3 is 9.47 Å². The van der Waals surface area contributed by atoms with Gasteiger partial charge >= 0.3 is 6.18 Å². The smallest absolute Gasteiger partial charge is 0.348 e. The second-order valence-corrected chi connectivity index (χ2v) is 7.05. The van der Waals surface area contributed by atoms with Gasteiger partial charge in [0.2, 0.25) is 5.91 Å². The fourth-order valence-corrected chi connectivity index (χ4v) is 3.47. The van der Waals surface area contributed by atoms with E-state index in [-0.39, 0.29) is 11.2 Å². The van der Waals surface area contributed by atoms with Gasteiger partial charge in [-0.3, -0.25) is 4.79 Å². The lowest BCUT2D eigenvalue weighted by molar-refractivity contribution is -0.137. The molecule has 0 N–H and O–H groups in total. The Morgan fingerprint density at radius 3 is 2.58 bits per heavy atom. The van der Waals surface area contributed by atoms with Crippen molar-refractivity contribution in [2.45, 2.75) is 43.4 Å². The third-order valence-electron chi connectivity index (χ3n) is 3.56. The number of aryl methyl sites for hydroxylation is 1. The third kappa shape index (κ3) is 3.85. The number of imidazole rings is 1. The average molecular weight is 359 g/mol. The zero-order chi connectivity index (χ0) is 18.1. The number of fused-ring (bicyclic) bond motifs is 1. The Kier molecular flexibility index (Phi) is 5.47. The molecular formula is C16H20F3N3OS. The first-order valence-electron chi connectivity index (χ1n) is 7.60. The minimum atomic E-state index is -4.39. The zero-order valence-corrected chi connectivity index (χ0v) is 14.8. The second-order valence-electron chi connectivity index (χ2n) is 5.74. The predicted octanol–water partition coefficient (Wildman–Crippen LogP) is 4.03. The van der Waals surface area contributed by atoms with Crippen LogP contribution in [0.3, 0.4) is 0 Å². The molecule has 0 saturated heterocycles. The van der Waals surface area contributed by atoms with Crippen LogP contribution in [0.1, 0.15) is 25.8 Å². The highest BCUT2D eigenvalue weighted by Gasteiger charge is 2.31. The number of hydrogen-bond donors (Lipinski definition) is 0. The van der Waals surface area contributed by atoms with Crippen LogP contribution in [-0.4, -0.2) is 39.7 Å². The molecule has 1 aromatic heterocycles. The van der Waals surface area contributed by atoms with E-state index >= 15 is 0 Å². The van der Waals surface area contributed by atoms with Crippen molar-refractivity contribution >= 4 is 28.7 Å². The van der Waals surface area contributed by atoms with Gasteiger partial charge in [-0.2, -0.15) is 13.2 Å². The molecule has 8 heteroatoms. The molecule has 1 unspecified atom stereocenters. The van der Waals surface area contributed by atoms with Gasteiger partial charge in [0.1, 0.15) is 0 Å². The van der Waals surface area contributed by atoms with E-state index in [0.717, 1.165) is 18.6 Å². The summed E-state index contributed by atoms with van der Waals surface area (Å²) >= 11 is 1.27. The molecule has 2 rings (SSSR count). The van der Waals surface area contributed by atoms with Gasteiger partial charge in [0.05, 0.1) is 21.8 Å². The topological polar surface area (TPSA) is 38.1 Å². The molecule has 0 saturated carbocycles. The number of amides is 1. The normalized spacial score (nSPS) is 13.3. The molecule has 4 nitrogen and oxygen atoms in total. The SMILES string of the molecule is CCCn1c(SC(C)C(=O)N(C)C)nc2ccc(C(F)(F)F)cc21. The van der Waals surface area contributed by atoms with Gasteiger partial charge in [-0.15, -0.1) is 0 Å². The van der Waals surface area contributed by atoms with E-state index in [1.54, 1.807) is 25.6 Å². The molecule has 24 heavy (non-hydrogen) atoms. The van der Waals surface area contributed by atoms with Gasteiger partial charge in [-0.05, 0) is 31.5 Å². The van der Waals surface area contributed by atoms with Gasteiger partial charge in [-0.25, -0.2) is 4.98 Å². The zero-order valence-electron chi connectivity index (χ0n) is 14.0. The fourth-order valence-electron chi connectivity index (χ4n) is 2.38. The number of aromatic nitrogens is 2. The van der Waals surface area contributed by atoms with Crippen LogP contribution >= 0.6 is 11.8 Å². The van der Waals surface area contributed by atoms with Crippen molar-refractivity contribution in [1.82, 2.24) is 14.5 Å². The highest BCUT2D eigenvalue weighted by Crippen LogP contribution is 2.34. The number of rotatable bonds is 5. The summed E-state index contributed by atoms with van der Waals surface area (Å²) in [5.41, 5.74) is 0.253. The summed E-state index contributed by atoms with van der Waals surface area (Å²) in [6.07, 6.45) is -3.64. The molecule has 2 aromatic rings. The van der Waals surface area contributed by atoms with E-state index in [1.165, 1.54) is 22.7 Å². The van der Waals surface area contributed by atoms with Gasteiger partial charge in [0, 0.05) is 20.6 Å². The maximum Gasteiger partial charge on any atom is 0.416 e. The molecule has 1 aromatic carbocycles. The van der Waals surface area contributed by atoms with Gasteiger partial charge in [0.15, 0.2) is 5.16 Å². The Morgan fingerprint density at radius 2 is 2.04 bits per heavy atom. The second kappa shape index (κ2) is 7.04. The molecule has 0 fully saturated rings. The summed E-state index contributed by atoms with van der Waals surface area (Å²) < 4.78 is 40.6. The molecule has 0 bridgehead atoms. The first kappa shape index (κ1) is 18.6. The van der Waals surface area contributed by atoms with Crippen LogP contribution in [0.2, 0.25) is 0 Å². The molecule has 0 aliphatic carbocycles. The maximum atomic E-state index is 13.0. The molecule has 1 atom stereocenters. The molecular weight excluding hydrogens is 339 g/mol. The number of thioether (sulfide) groups is 1. The van der Waals surface area contributed by atoms with Crippen molar-refractivity contribution in [2.24, 2.45) is 0 Å². The van der Waals surface area contributed by atoms with Gasteiger partial charge in [0.25, 0.3) is 0 Å². The molecule has 1 heterocycles. The molecule has 0 radical (unpaired) electrons. The highest BCUT2D eigenvalue weighted by molar-refractivity contribution is 8.00. The minimum Gasteiger partial charge on any atom is -0.348 e. The third-order valence-corrected chi connectivity index (χ3v) is 4.64. The molecule has 1 amide bonds. The Hall–Kier alpha value is -1.70. The van der Waals surface area contributed by atoms with Crippen LogP contribution in [0.5, 0.6) is 0 Å². The van der Waals surface area contributed by atoms with Crippen LogP contribution in [0.15, 0.2) is 23.4 Å². The summed E-state index contributed by atoms with van der Waals surface area (Å²) in [6.45, 7) is 4.26. The van der Waals surface area contributed by atoms with Crippen LogP contribution in [-0.2, 0) is 17.5 Å². The van der Waals surface area contributed by atoms with Crippen molar-refractivity contribution in [3.63, 3.8) is 0 Å². The van der Waals surface area contributed by atoms with E-state index in [4.69, 9.17) is 0 Å². The summed E-state index contributed by atoms with van der Waals surface area (Å²) in [7, 11) is 3.34. The largest absolute Gasteiger partial charge is 0.416 e. The number of hydrogen-bond acceptors (Lipinski definition) is 3. The number of nitrogens with zero attached hydrogens (tertiary/aromatic N) is 3. The first-order chi connectivity index (χ1) is 11.1. The Balaban J connectivity index is 2.46. The predicted molar refractivity (Wildman–Crippen MR) is 89.0 cm³/mol. The number of carbonyl (C=O) groups is 1. The number of benzene rings is 1. The van der Waals surface area contributed by atoms with Crippen LogP contribution < -0.4 is 0 Å². The fraction of sp³-hybridized carbons (Fsp3) is 0.500. The summed E-state index contributed by atoms with van der Waals surface area (Å²) in [6, 6.07) is 3.54. The lowest BCUT2D eigenvalue weighted by Crippen LogP contribution is -2.29. The highest BCUT2D eigenvalue weighted by atomic mass is 32.2. The first-order valence-corrected chi connectivity index (χ1v) is 8.48. The molecule has 0 aliphatic rings. The van der Waals surface area contributed by atoms with E-state index in [9.17, 15) is 18.0 Å². The van der Waals surface area contributed by atoms with Crippen molar-refractivity contribution < 1.29 is 18.0 Å². The lowest BCUT2D eigenvalue weighted by atomic mass is 10.2. The molecule has 0 spiro atoms. The van der Waals surface area contributed by atoms with E-state index < -0.39 is 11.7 Å². The average Bonchev–Trinajstić information content (AvgIpc) is 2.82.